The molecule has 0 spiro atoms. The molecule has 1 aliphatic carbocycles. The quantitative estimate of drug-likeness (QED) is 0.418. The van der Waals surface area contributed by atoms with Gasteiger partial charge in [-0.15, -0.1) is 0 Å². The highest BCUT2D eigenvalue weighted by Crippen LogP contribution is 2.44. The lowest BCUT2D eigenvalue weighted by molar-refractivity contribution is -0.150. The summed E-state index contributed by atoms with van der Waals surface area (Å²) >= 11 is 0. The number of carbonyl (C=O) groups is 3. The van der Waals surface area contributed by atoms with E-state index in [0.717, 1.165) is 24.1 Å². The number of hydrogen-bond acceptors (Lipinski definition) is 6. The second-order valence-corrected chi connectivity index (χ2v) is 9.11. The number of amides is 1. The van der Waals surface area contributed by atoms with E-state index >= 15 is 0 Å². The van der Waals surface area contributed by atoms with Crippen molar-refractivity contribution in [3.05, 3.63) is 42.9 Å². The number of nitrogens with one attached hydrogen (secondary N) is 1. The topological polar surface area (TPSA) is 120 Å². The van der Waals surface area contributed by atoms with Gasteiger partial charge in [0.2, 0.25) is 5.91 Å². The van der Waals surface area contributed by atoms with Gasteiger partial charge in [0.05, 0.1) is 36.5 Å². The standard InChI is InChI=1S/C26H35N3O6/c1-3-35-24(32)22(17-29-16-21(27-18-29)19-9-5-4-6-10-19)28-25(33)26(12-7-8-13-26)15-20(23(30)31)11-14-34-2/h4-6,9-10,16,18,20,22H,3,7-8,11-15,17H2,1-2H3,(H,28,33)(H,30,31)/t20-,22+/m1/s1. The number of aromatic nitrogens is 2. The summed E-state index contributed by atoms with van der Waals surface area (Å²) in [5, 5.41) is 12.6. The zero-order chi connectivity index (χ0) is 25.3. The molecule has 190 valence electrons. The molecule has 1 fully saturated rings. The number of carboxylic acids is 1. The maximum Gasteiger partial charge on any atom is 0.330 e. The fourth-order valence-corrected chi connectivity index (χ4v) is 4.78. The lowest BCUT2D eigenvalue weighted by Crippen LogP contribution is -2.50. The zero-order valence-corrected chi connectivity index (χ0v) is 20.4. The highest BCUT2D eigenvalue weighted by molar-refractivity contribution is 5.88. The number of esters is 1. The van der Waals surface area contributed by atoms with Crippen LogP contribution in [0.5, 0.6) is 0 Å². The van der Waals surface area contributed by atoms with Gasteiger partial charge in [0.1, 0.15) is 6.04 Å². The number of nitrogens with zero attached hydrogens (tertiary/aromatic N) is 2. The molecule has 2 N–H and O–H groups in total. The molecular weight excluding hydrogens is 450 g/mol. The molecule has 0 radical (unpaired) electrons. The Labute approximate surface area is 205 Å². The van der Waals surface area contributed by atoms with Crippen LogP contribution in [0, 0.1) is 11.3 Å². The Morgan fingerprint density at radius 2 is 1.91 bits per heavy atom. The number of aliphatic carboxylic acids is 1. The van der Waals surface area contributed by atoms with Crippen molar-refractivity contribution in [1.29, 1.82) is 0 Å². The monoisotopic (exact) mass is 485 g/mol. The van der Waals surface area contributed by atoms with Gasteiger partial charge >= 0.3 is 11.9 Å². The average Bonchev–Trinajstić information content (AvgIpc) is 3.52. The molecule has 1 amide bonds. The number of imidazole rings is 1. The molecular formula is C26H35N3O6. The summed E-state index contributed by atoms with van der Waals surface area (Å²) in [6.07, 6.45) is 6.87. The van der Waals surface area contributed by atoms with Crippen LogP contribution in [0.2, 0.25) is 0 Å². The molecule has 2 atom stereocenters. The molecule has 3 rings (SSSR count). The van der Waals surface area contributed by atoms with E-state index in [4.69, 9.17) is 9.47 Å². The summed E-state index contributed by atoms with van der Waals surface area (Å²) in [4.78, 5) is 42.6. The first-order chi connectivity index (χ1) is 16.9. The van der Waals surface area contributed by atoms with E-state index in [1.807, 2.05) is 36.5 Å². The number of hydrogen-bond donors (Lipinski definition) is 2. The fraction of sp³-hybridized carbons (Fsp3) is 0.538. The van der Waals surface area contributed by atoms with Crippen molar-refractivity contribution in [2.24, 2.45) is 11.3 Å². The minimum absolute atomic E-state index is 0.159. The maximum atomic E-state index is 13.6. The largest absolute Gasteiger partial charge is 0.481 e. The molecule has 0 bridgehead atoms. The van der Waals surface area contributed by atoms with Crippen molar-refractivity contribution in [3.8, 4) is 11.3 Å². The van der Waals surface area contributed by atoms with Crippen molar-refractivity contribution < 1.29 is 29.0 Å². The van der Waals surface area contributed by atoms with Gasteiger partial charge in [0.25, 0.3) is 0 Å². The van der Waals surface area contributed by atoms with E-state index in [1.165, 1.54) is 7.11 Å². The highest BCUT2D eigenvalue weighted by atomic mass is 16.5. The third kappa shape index (κ3) is 6.91. The summed E-state index contributed by atoms with van der Waals surface area (Å²) in [5.74, 6) is -2.45. The van der Waals surface area contributed by atoms with Crippen molar-refractivity contribution >= 4 is 17.8 Å². The van der Waals surface area contributed by atoms with Gasteiger partial charge in [0.15, 0.2) is 0 Å². The molecule has 1 saturated carbocycles. The van der Waals surface area contributed by atoms with E-state index in [0.29, 0.717) is 25.9 Å². The molecule has 1 heterocycles. The molecule has 0 unspecified atom stereocenters. The molecule has 0 saturated heterocycles. The van der Waals surface area contributed by atoms with Gasteiger partial charge in [-0.3, -0.25) is 9.59 Å². The van der Waals surface area contributed by atoms with Crippen LogP contribution in [0.4, 0.5) is 0 Å². The van der Waals surface area contributed by atoms with Crippen LogP contribution in [-0.2, 0) is 30.4 Å². The van der Waals surface area contributed by atoms with Crippen LogP contribution >= 0.6 is 0 Å². The maximum absolute atomic E-state index is 13.6. The summed E-state index contributed by atoms with van der Waals surface area (Å²) in [6.45, 7) is 2.37. The van der Waals surface area contributed by atoms with Crippen molar-refractivity contribution in [3.63, 3.8) is 0 Å². The Morgan fingerprint density at radius 1 is 1.20 bits per heavy atom. The predicted molar refractivity (Wildman–Crippen MR) is 129 cm³/mol. The summed E-state index contributed by atoms with van der Waals surface area (Å²) < 4.78 is 12.1. The first-order valence-corrected chi connectivity index (χ1v) is 12.1. The van der Waals surface area contributed by atoms with E-state index < -0.39 is 29.3 Å². The Kier molecular flexibility index (Phi) is 9.42. The van der Waals surface area contributed by atoms with Gasteiger partial charge < -0.3 is 24.5 Å². The number of ether oxygens (including phenoxy) is 2. The summed E-state index contributed by atoms with van der Waals surface area (Å²) in [5.41, 5.74) is 0.879. The Hall–Kier alpha value is -3.20. The summed E-state index contributed by atoms with van der Waals surface area (Å²) in [7, 11) is 1.53. The van der Waals surface area contributed by atoms with E-state index in [1.54, 1.807) is 17.8 Å². The number of benzene rings is 1. The van der Waals surface area contributed by atoms with Crippen LogP contribution in [-0.4, -0.2) is 58.9 Å². The van der Waals surface area contributed by atoms with Gasteiger partial charge in [-0.1, -0.05) is 43.2 Å². The molecule has 2 aromatic rings. The molecule has 1 aliphatic rings. The molecule has 0 aliphatic heterocycles. The smallest absolute Gasteiger partial charge is 0.330 e. The average molecular weight is 486 g/mol. The van der Waals surface area contributed by atoms with Gasteiger partial charge in [-0.05, 0) is 32.6 Å². The van der Waals surface area contributed by atoms with Crippen LogP contribution in [0.3, 0.4) is 0 Å². The minimum Gasteiger partial charge on any atom is -0.481 e. The second kappa shape index (κ2) is 12.5. The lowest BCUT2D eigenvalue weighted by atomic mass is 9.75. The molecule has 1 aromatic heterocycles. The van der Waals surface area contributed by atoms with Crippen LogP contribution in [0.15, 0.2) is 42.9 Å². The Bertz CT molecular complexity index is 984. The van der Waals surface area contributed by atoms with Gasteiger partial charge in [0, 0.05) is 25.5 Å². The molecule has 1 aromatic carbocycles. The normalized spacial score (nSPS) is 16.4. The van der Waals surface area contributed by atoms with Crippen LogP contribution in [0.25, 0.3) is 11.3 Å². The first kappa shape index (κ1) is 26.4. The van der Waals surface area contributed by atoms with E-state index in [-0.39, 0.29) is 25.5 Å². The van der Waals surface area contributed by atoms with Gasteiger partial charge in [-0.25, -0.2) is 9.78 Å². The minimum atomic E-state index is -0.935. The van der Waals surface area contributed by atoms with Crippen molar-refractivity contribution in [2.45, 2.75) is 58.0 Å². The van der Waals surface area contributed by atoms with Crippen LogP contribution < -0.4 is 5.32 Å². The Morgan fingerprint density at radius 3 is 2.54 bits per heavy atom. The Balaban J connectivity index is 1.77. The first-order valence-electron chi connectivity index (χ1n) is 12.1. The van der Waals surface area contributed by atoms with E-state index in [2.05, 4.69) is 10.3 Å². The van der Waals surface area contributed by atoms with Crippen molar-refractivity contribution in [2.75, 3.05) is 20.3 Å². The number of carbonyl (C=O) groups excluding carboxylic acids is 2. The molecule has 9 heteroatoms. The number of carboxylic acid groups (broad SMARTS) is 1. The fourth-order valence-electron chi connectivity index (χ4n) is 4.78. The van der Waals surface area contributed by atoms with E-state index in [9.17, 15) is 19.5 Å². The SMILES string of the molecule is CCOC(=O)[C@H](Cn1cnc(-c2ccccc2)c1)NC(=O)C1(C[C@@H](CCOC)C(=O)O)CCCC1. The lowest BCUT2D eigenvalue weighted by Gasteiger charge is -2.32. The predicted octanol–water partition coefficient (Wildman–Crippen LogP) is 3.29. The second-order valence-electron chi connectivity index (χ2n) is 9.11. The third-order valence-corrected chi connectivity index (χ3v) is 6.67. The van der Waals surface area contributed by atoms with Crippen molar-refractivity contribution in [1.82, 2.24) is 14.9 Å². The molecule has 9 nitrogen and oxygen atoms in total. The van der Waals surface area contributed by atoms with Gasteiger partial charge in [-0.2, -0.15) is 0 Å². The number of rotatable bonds is 13. The third-order valence-electron chi connectivity index (χ3n) is 6.67. The zero-order valence-electron chi connectivity index (χ0n) is 20.4. The highest BCUT2D eigenvalue weighted by Gasteiger charge is 2.45. The number of methoxy groups -OCH3 is 1. The van der Waals surface area contributed by atoms with Crippen LogP contribution in [0.1, 0.15) is 45.4 Å². The summed E-state index contributed by atoms with van der Waals surface area (Å²) in [6, 6.07) is 8.76. The molecule has 35 heavy (non-hydrogen) atoms.